The molecule has 0 amide bonds. The second-order valence-corrected chi connectivity index (χ2v) is 4.42. The van der Waals surface area contributed by atoms with Crippen molar-refractivity contribution in [2.75, 3.05) is 0 Å². The Bertz CT molecular complexity index is 488. The number of nitrogens with zero attached hydrogens (tertiary/aromatic N) is 2. The molecule has 16 heavy (non-hydrogen) atoms. The molecule has 0 saturated heterocycles. The first kappa shape index (κ1) is 11.2. The molecule has 1 atom stereocenters. The number of aryl methyl sites for hydroxylation is 1. The quantitative estimate of drug-likeness (QED) is 0.869. The van der Waals surface area contributed by atoms with Crippen LogP contribution in [-0.4, -0.2) is 14.9 Å². The highest BCUT2D eigenvalue weighted by atomic mass is 35.5. The van der Waals surface area contributed by atoms with Gasteiger partial charge in [0.05, 0.1) is 6.20 Å². The molecule has 1 N–H and O–H groups in total. The molecule has 0 radical (unpaired) electrons. The summed E-state index contributed by atoms with van der Waals surface area (Å²) in [5, 5.41) is 15.2. The Morgan fingerprint density at radius 3 is 2.38 bits per heavy atom. The van der Waals surface area contributed by atoms with E-state index in [2.05, 4.69) is 5.10 Å². The summed E-state index contributed by atoms with van der Waals surface area (Å²) >= 11 is 5.81. The maximum atomic E-state index is 10.5. The van der Waals surface area contributed by atoms with Crippen LogP contribution in [0.2, 0.25) is 5.02 Å². The molecule has 0 saturated carbocycles. The van der Waals surface area contributed by atoms with Gasteiger partial charge in [-0.05, 0) is 24.6 Å². The minimum atomic E-state index is -1.04. The van der Waals surface area contributed by atoms with Gasteiger partial charge in [0.1, 0.15) is 5.60 Å². The molecule has 2 rings (SSSR count). The zero-order chi connectivity index (χ0) is 11.8. The Labute approximate surface area is 99.3 Å². The van der Waals surface area contributed by atoms with Gasteiger partial charge in [-0.3, -0.25) is 4.68 Å². The van der Waals surface area contributed by atoms with Crippen molar-refractivity contribution in [1.82, 2.24) is 9.78 Å². The largest absolute Gasteiger partial charge is 0.381 e. The van der Waals surface area contributed by atoms with Crippen LogP contribution in [0, 0.1) is 0 Å². The highest BCUT2D eigenvalue weighted by molar-refractivity contribution is 6.30. The van der Waals surface area contributed by atoms with E-state index >= 15 is 0 Å². The van der Waals surface area contributed by atoms with Crippen LogP contribution in [0.1, 0.15) is 18.1 Å². The normalized spacial score (nSPS) is 14.8. The van der Waals surface area contributed by atoms with Crippen molar-refractivity contribution in [1.29, 1.82) is 0 Å². The number of halogens is 1. The zero-order valence-electron chi connectivity index (χ0n) is 9.18. The van der Waals surface area contributed by atoms with Crippen LogP contribution in [0.25, 0.3) is 0 Å². The van der Waals surface area contributed by atoms with Gasteiger partial charge in [-0.2, -0.15) is 5.10 Å². The van der Waals surface area contributed by atoms with Crippen molar-refractivity contribution < 1.29 is 5.11 Å². The molecule has 0 bridgehead atoms. The minimum Gasteiger partial charge on any atom is -0.381 e. The highest BCUT2D eigenvalue weighted by Crippen LogP contribution is 2.29. The first-order valence-corrected chi connectivity index (χ1v) is 5.35. The predicted octanol–water partition coefficient (Wildman–Crippen LogP) is 2.33. The number of aromatic nitrogens is 2. The summed E-state index contributed by atoms with van der Waals surface area (Å²) in [6.45, 7) is 1.74. The van der Waals surface area contributed by atoms with E-state index in [1.54, 1.807) is 36.1 Å². The fourth-order valence-electron chi connectivity index (χ4n) is 1.61. The SMILES string of the molecule is Cn1cc(C(C)(O)c2ccc(Cl)cc2)cn1. The van der Waals surface area contributed by atoms with E-state index in [4.69, 9.17) is 11.6 Å². The second kappa shape index (κ2) is 3.92. The molecule has 1 aromatic heterocycles. The smallest absolute Gasteiger partial charge is 0.115 e. The van der Waals surface area contributed by atoms with E-state index in [0.29, 0.717) is 5.02 Å². The number of rotatable bonds is 2. The summed E-state index contributed by atoms with van der Waals surface area (Å²) in [4.78, 5) is 0. The lowest BCUT2D eigenvalue weighted by molar-refractivity contribution is 0.102. The van der Waals surface area contributed by atoms with E-state index < -0.39 is 5.60 Å². The van der Waals surface area contributed by atoms with Crippen molar-refractivity contribution in [3.8, 4) is 0 Å². The Morgan fingerprint density at radius 2 is 1.88 bits per heavy atom. The van der Waals surface area contributed by atoms with Crippen molar-refractivity contribution in [2.24, 2.45) is 7.05 Å². The molecular weight excluding hydrogens is 224 g/mol. The highest BCUT2D eigenvalue weighted by Gasteiger charge is 2.26. The van der Waals surface area contributed by atoms with Gasteiger partial charge in [-0.15, -0.1) is 0 Å². The third kappa shape index (κ3) is 1.96. The zero-order valence-corrected chi connectivity index (χ0v) is 9.94. The number of aliphatic hydroxyl groups is 1. The number of hydrogen-bond donors (Lipinski definition) is 1. The van der Waals surface area contributed by atoms with Crippen LogP contribution < -0.4 is 0 Å². The molecule has 0 aliphatic heterocycles. The van der Waals surface area contributed by atoms with Crippen LogP contribution in [-0.2, 0) is 12.6 Å². The van der Waals surface area contributed by atoms with Crippen molar-refractivity contribution in [3.05, 3.63) is 52.8 Å². The van der Waals surface area contributed by atoms with Crippen LogP contribution in [0.15, 0.2) is 36.7 Å². The van der Waals surface area contributed by atoms with Gasteiger partial charge in [0.25, 0.3) is 0 Å². The molecule has 0 fully saturated rings. The molecule has 0 aliphatic rings. The molecule has 1 aromatic carbocycles. The number of benzene rings is 1. The molecule has 0 spiro atoms. The second-order valence-electron chi connectivity index (χ2n) is 3.98. The van der Waals surface area contributed by atoms with Crippen molar-refractivity contribution >= 4 is 11.6 Å². The Kier molecular flexibility index (Phi) is 2.74. The van der Waals surface area contributed by atoms with Gasteiger partial charge in [-0.1, -0.05) is 23.7 Å². The molecule has 1 unspecified atom stereocenters. The van der Waals surface area contributed by atoms with Crippen molar-refractivity contribution in [3.63, 3.8) is 0 Å². The average molecular weight is 237 g/mol. The maximum Gasteiger partial charge on any atom is 0.115 e. The van der Waals surface area contributed by atoms with E-state index in [-0.39, 0.29) is 0 Å². The summed E-state index contributed by atoms with van der Waals surface area (Å²) in [6.07, 6.45) is 3.46. The summed E-state index contributed by atoms with van der Waals surface area (Å²) in [5.41, 5.74) is 0.515. The van der Waals surface area contributed by atoms with Gasteiger partial charge in [-0.25, -0.2) is 0 Å². The fourth-order valence-corrected chi connectivity index (χ4v) is 1.74. The third-order valence-corrected chi connectivity index (χ3v) is 2.93. The molecule has 0 aliphatic carbocycles. The first-order chi connectivity index (χ1) is 7.50. The number of hydrogen-bond acceptors (Lipinski definition) is 2. The van der Waals surface area contributed by atoms with Crippen LogP contribution in [0.5, 0.6) is 0 Å². The summed E-state index contributed by atoms with van der Waals surface area (Å²) < 4.78 is 1.67. The summed E-state index contributed by atoms with van der Waals surface area (Å²) in [6, 6.07) is 7.16. The topological polar surface area (TPSA) is 38.0 Å². The minimum absolute atomic E-state index is 0.658. The summed E-state index contributed by atoms with van der Waals surface area (Å²) in [5.74, 6) is 0. The lowest BCUT2D eigenvalue weighted by atomic mass is 9.90. The van der Waals surface area contributed by atoms with Crippen molar-refractivity contribution in [2.45, 2.75) is 12.5 Å². The van der Waals surface area contributed by atoms with E-state index in [0.717, 1.165) is 11.1 Å². The molecule has 1 heterocycles. The Hall–Kier alpha value is -1.32. The van der Waals surface area contributed by atoms with Crippen LogP contribution in [0.3, 0.4) is 0 Å². The average Bonchev–Trinajstić information content (AvgIpc) is 2.66. The maximum absolute atomic E-state index is 10.5. The first-order valence-electron chi connectivity index (χ1n) is 4.97. The Balaban J connectivity index is 2.42. The molecule has 3 nitrogen and oxygen atoms in total. The summed E-state index contributed by atoms with van der Waals surface area (Å²) in [7, 11) is 1.82. The third-order valence-electron chi connectivity index (χ3n) is 2.67. The van der Waals surface area contributed by atoms with Crippen LogP contribution >= 0.6 is 11.6 Å². The van der Waals surface area contributed by atoms with Gasteiger partial charge in [0.15, 0.2) is 0 Å². The predicted molar refractivity (Wildman–Crippen MR) is 63.3 cm³/mol. The van der Waals surface area contributed by atoms with Gasteiger partial charge < -0.3 is 5.11 Å². The molecule has 2 aromatic rings. The van der Waals surface area contributed by atoms with Gasteiger partial charge in [0.2, 0.25) is 0 Å². The van der Waals surface area contributed by atoms with Gasteiger partial charge >= 0.3 is 0 Å². The van der Waals surface area contributed by atoms with Gasteiger partial charge in [0, 0.05) is 23.8 Å². The molecular formula is C12H13ClN2O. The lowest BCUT2D eigenvalue weighted by Gasteiger charge is -2.22. The molecule has 4 heteroatoms. The van der Waals surface area contributed by atoms with E-state index in [9.17, 15) is 5.11 Å². The van der Waals surface area contributed by atoms with E-state index in [1.807, 2.05) is 19.2 Å². The van der Waals surface area contributed by atoms with Crippen LogP contribution in [0.4, 0.5) is 0 Å². The standard InChI is InChI=1S/C12H13ClN2O/c1-12(16,10-7-14-15(2)8-10)9-3-5-11(13)6-4-9/h3-8,16H,1-2H3. The fraction of sp³-hybridized carbons (Fsp3) is 0.250. The Morgan fingerprint density at radius 1 is 1.25 bits per heavy atom. The molecule has 84 valence electrons. The van der Waals surface area contributed by atoms with E-state index in [1.165, 1.54) is 0 Å². The lowest BCUT2D eigenvalue weighted by Crippen LogP contribution is -2.22. The monoisotopic (exact) mass is 236 g/mol.